The Kier molecular flexibility index (Phi) is 6.00. The summed E-state index contributed by atoms with van der Waals surface area (Å²) in [5.41, 5.74) is 2.37. The molecule has 0 fully saturated rings. The van der Waals surface area contributed by atoms with Crippen molar-refractivity contribution in [1.29, 1.82) is 0 Å². The van der Waals surface area contributed by atoms with E-state index in [0.717, 1.165) is 25.9 Å². The van der Waals surface area contributed by atoms with Crippen molar-refractivity contribution in [2.45, 2.75) is 37.3 Å². The molecule has 0 aliphatic rings. The van der Waals surface area contributed by atoms with Gasteiger partial charge in [0.2, 0.25) is 0 Å². The maximum Gasteiger partial charge on any atom is 0.416 e. The first-order chi connectivity index (χ1) is 15.2. The maximum atomic E-state index is 13.3. The van der Waals surface area contributed by atoms with Gasteiger partial charge in [-0.2, -0.15) is 0 Å². The summed E-state index contributed by atoms with van der Waals surface area (Å²) in [4.78, 5) is 28.8. The minimum Gasteiger partial charge on any atom is -0.497 e. The number of imidazole rings is 1. The highest BCUT2D eigenvalue weighted by atomic mass is 32.2. The van der Waals surface area contributed by atoms with E-state index in [1.165, 1.54) is 4.90 Å². The molecule has 0 saturated heterocycles. The van der Waals surface area contributed by atoms with E-state index in [4.69, 9.17) is 14.5 Å². The molecule has 8 nitrogen and oxygen atoms in total. The van der Waals surface area contributed by atoms with Crippen LogP contribution in [0.5, 0.6) is 5.75 Å². The number of hydrogen-bond donors (Lipinski definition) is 0. The number of pyridine rings is 1. The molecule has 3 heterocycles. The van der Waals surface area contributed by atoms with Crippen molar-refractivity contribution < 1.29 is 14.3 Å². The summed E-state index contributed by atoms with van der Waals surface area (Å²) >= 11 is 3.14. The van der Waals surface area contributed by atoms with Crippen LogP contribution in [0.4, 0.5) is 10.6 Å². The average molecular weight is 472 g/mol. The lowest BCUT2D eigenvalue weighted by atomic mass is 10.2. The van der Waals surface area contributed by atoms with Gasteiger partial charge in [-0.1, -0.05) is 23.9 Å². The zero-order valence-electron chi connectivity index (χ0n) is 18.9. The van der Waals surface area contributed by atoms with Crippen LogP contribution in [0.25, 0.3) is 21.4 Å². The van der Waals surface area contributed by atoms with Crippen molar-refractivity contribution in [3.63, 3.8) is 0 Å². The smallest absolute Gasteiger partial charge is 0.416 e. The third-order valence-corrected chi connectivity index (χ3v) is 6.75. The Morgan fingerprint density at radius 1 is 1.22 bits per heavy atom. The molecule has 0 aliphatic heterocycles. The SMILES string of the molecule is COc1ccc(CN(C(=O)OC(C)(C)C)c2nc3nc(SC)sc3c3c2ncn3C)cc1. The summed E-state index contributed by atoms with van der Waals surface area (Å²) in [7, 11) is 3.55. The Morgan fingerprint density at radius 2 is 1.94 bits per heavy atom. The van der Waals surface area contributed by atoms with E-state index in [9.17, 15) is 4.79 Å². The zero-order valence-corrected chi connectivity index (χ0v) is 20.5. The predicted octanol–water partition coefficient (Wildman–Crippen LogP) is 5.25. The number of aromatic nitrogens is 4. The molecule has 4 rings (SSSR count). The number of fused-ring (bicyclic) bond motifs is 3. The molecule has 168 valence electrons. The second kappa shape index (κ2) is 8.59. The van der Waals surface area contributed by atoms with Crippen molar-refractivity contribution in [2.75, 3.05) is 18.3 Å². The van der Waals surface area contributed by atoms with Gasteiger partial charge in [0.15, 0.2) is 15.8 Å². The first-order valence-corrected chi connectivity index (χ1v) is 12.0. The van der Waals surface area contributed by atoms with Crippen molar-refractivity contribution in [3.05, 3.63) is 36.2 Å². The molecule has 0 bridgehead atoms. The fraction of sp³-hybridized carbons (Fsp3) is 0.364. The van der Waals surface area contributed by atoms with Crippen molar-refractivity contribution in [1.82, 2.24) is 19.5 Å². The number of methoxy groups -OCH3 is 1. The average Bonchev–Trinajstić information content (AvgIpc) is 3.33. The molecule has 3 aromatic heterocycles. The molecule has 4 aromatic rings. The number of amides is 1. The number of carbonyl (C=O) groups is 1. The Balaban J connectivity index is 1.87. The van der Waals surface area contributed by atoms with Crippen LogP contribution in [-0.2, 0) is 18.3 Å². The first-order valence-electron chi connectivity index (χ1n) is 9.99. The van der Waals surface area contributed by atoms with E-state index >= 15 is 0 Å². The zero-order chi connectivity index (χ0) is 23.0. The molecule has 0 N–H and O–H groups in total. The molecule has 1 amide bonds. The number of ether oxygens (including phenoxy) is 2. The summed E-state index contributed by atoms with van der Waals surface area (Å²) in [6.07, 6.45) is 3.22. The highest BCUT2D eigenvalue weighted by Gasteiger charge is 2.29. The number of nitrogens with zero attached hydrogens (tertiary/aromatic N) is 5. The summed E-state index contributed by atoms with van der Waals surface area (Å²) in [5, 5.41) is 0. The fourth-order valence-electron chi connectivity index (χ4n) is 3.27. The summed E-state index contributed by atoms with van der Waals surface area (Å²) < 4.78 is 14.8. The van der Waals surface area contributed by atoms with Gasteiger partial charge in [-0.05, 0) is 44.7 Å². The normalized spacial score (nSPS) is 11.8. The summed E-state index contributed by atoms with van der Waals surface area (Å²) in [5.74, 6) is 1.17. The fourth-order valence-corrected chi connectivity index (χ4v) is 4.86. The van der Waals surface area contributed by atoms with Crippen LogP contribution in [0.15, 0.2) is 34.9 Å². The number of carbonyl (C=O) groups excluding carboxylic acids is 1. The number of benzene rings is 1. The maximum absolute atomic E-state index is 13.3. The van der Waals surface area contributed by atoms with E-state index < -0.39 is 11.7 Å². The van der Waals surface area contributed by atoms with Gasteiger partial charge in [0.25, 0.3) is 0 Å². The summed E-state index contributed by atoms with van der Waals surface area (Å²) in [6.45, 7) is 5.79. The van der Waals surface area contributed by atoms with Gasteiger partial charge in [0.05, 0.1) is 25.5 Å². The van der Waals surface area contributed by atoms with Crippen molar-refractivity contribution >= 4 is 56.4 Å². The topological polar surface area (TPSA) is 82.4 Å². The molecule has 0 radical (unpaired) electrons. The van der Waals surface area contributed by atoms with Gasteiger partial charge in [-0.3, -0.25) is 4.90 Å². The molecule has 0 atom stereocenters. The van der Waals surface area contributed by atoms with Crippen molar-refractivity contribution in [2.24, 2.45) is 7.05 Å². The summed E-state index contributed by atoms with van der Waals surface area (Å²) in [6, 6.07) is 7.56. The van der Waals surface area contributed by atoms with Gasteiger partial charge >= 0.3 is 6.09 Å². The molecule has 0 saturated carbocycles. The molecule has 1 aromatic carbocycles. The van der Waals surface area contributed by atoms with Gasteiger partial charge in [-0.25, -0.2) is 19.7 Å². The lowest BCUT2D eigenvalue weighted by molar-refractivity contribution is 0.0577. The van der Waals surface area contributed by atoms with E-state index in [2.05, 4.69) is 9.97 Å². The Bertz CT molecular complexity index is 1270. The second-order valence-electron chi connectivity index (χ2n) is 8.24. The molecule has 0 spiro atoms. The van der Waals surface area contributed by atoms with Gasteiger partial charge in [0.1, 0.15) is 21.6 Å². The number of rotatable bonds is 5. The molecular weight excluding hydrogens is 446 g/mol. The lowest BCUT2D eigenvalue weighted by Gasteiger charge is -2.27. The van der Waals surface area contributed by atoms with E-state index in [1.807, 2.05) is 62.9 Å². The van der Waals surface area contributed by atoms with Crippen LogP contribution in [0.2, 0.25) is 0 Å². The Hall–Kier alpha value is -2.85. The van der Waals surface area contributed by atoms with Gasteiger partial charge in [0, 0.05) is 7.05 Å². The molecule has 0 unspecified atom stereocenters. The lowest BCUT2D eigenvalue weighted by Crippen LogP contribution is -2.37. The number of anilines is 1. The minimum absolute atomic E-state index is 0.266. The van der Waals surface area contributed by atoms with E-state index in [1.54, 1.807) is 36.5 Å². The highest BCUT2D eigenvalue weighted by Crippen LogP contribution is 2.37. The quantitative estimate of drug-likeness (QED) is 0.368. The van der Waals surface area contributed by atoms with Crippen LogP contribution in [0.1, 0.15) is 26.3 Å². The largest absolute Gasteiger partial charge is 0.497 e. The van der Waals surface area contributed by atoms with Crippen molar-refractivity contribution in [3.8, 4) is 5.75 Å². The third-order valence-electron chi connectivity index (χ3n) is 4.71. The Morgan fingerprint density at radius 3 is 2.56 bits per heavy atom. The minimum atomic E-state index is -0.658. The number of aryl methyl sites for hydroxylation is 1. The van der Waals surface area contributed by atoms with Gasteiger partial charge in [-0.15, -0.1) is 11.3 Å². The monoisotopic (exact) mass is 471 g/mol. The van der Waals surface area contributed by atoms with Gasteiger partial charge < -0.3 is 14.0 Å². The first kappa shape index (κ1) is 22.3. The third kappa shape index (κ3) is 4.37. The van der Waals surface area contributed by atoms with E-state index in [-0.39, 0.29) is 6.54 Å². The molecule has 32 heavy (non-hydrogen) atoms. The second-order valence-corrected chi connectivity index (χ2v) is 10.3. The molecular formula is C22H25N5O3S2. The number of hydrogen-bond acceptors (Lipinski definition) is 8. The molecule has 0 aliphatic carbocycles. The predicted molar refractivity (Wildman–Crippen MR) is 129 cm³/mol. The Labute approximate surface area is 194 Å². The van der Waals surface area contributed by atoms with Crippen LogP contribution in [0, 0.1) is 0 Å². The van der Waals surface area contributed by atoms with Crippen LogP contribution in [-0.4, -0.2) is 44.6 Å². The highest BCUT2D eigenvalue weighted by molar-refractivity contribution is 8.00. The number of thiazole rings is 1. The molecule has 10 heteroatoms. The van der Waals surface area contributed by atoms with Crippen LogP contribution < -0.4 is 9.64 Å². The van der Waals surface area contributed by atoms with Crippen LogP contribution in [0.3, 0.4) is 0 Å². The van der Waals surface area contributed by atoms with Crippen LogP contribution >= 0.6 is 23.1 Å². The number of thioether (sulfide) groups is 1. The standard InChI is InChI=1S/C22H25N5O3S2/c1-22(2,3)30-21(28)27(11-13-7-9-14(29-5)10-8-13)19-15-16(26(4)12-23-15)17-18(24-19)25-20(31-6)32-17/h7-10,12H,11H2,1-6H3. The van der Waals surface area contributed by atoms with E-state index in [0.29, 0.717) is 17.0 Å².